The Morgan fingerprint density at radius 1 is 0.931 bits per heavy atom. The van der Waals surface area contributed by atoms with Crippen LogP contribution in [0.15, 0.2) is 79.0 Å². The molecule has 1 aliphatic heterocycles. The van der Waals surface area contributed by atoms with Crippen LogP contribution in [-0.2, 0) is 6.54 Å². The number of hydrogen-bond acceptors (Lipinski definition) is 4. The van der Waals surface area contributed by atoms with Crippen molar-refractivity contribution in [1.29, 1.82) is 0 Å². The minimum absolute atomic E-state index is 0.0140. The highest BCUT2D eigenvalue weighted by Crippen LogP contribution is 2.33. The lowest BCUT2D eigenvalue weighted by molar-refractivity contribution is 0.0663. The van der Waals surface area contributed by atoms with Gasteiger partial charge in [-0.15, -0.1) is 0 Å². The Balaban J connectivity index is 1.59. The van der Waals surface area contributed by atoms with Crippen LogP contribution in [0.4, 0.5) is 5.69 Å². The Morgan fingerprint density at radius 3 is 2.48 bits per heavy atom. The molecule has 5 rings (SSSR count). The van der Waals surface area contributed by atoms with Crippen LogP contribution in [0.5, 0.6) is 0 Å². The minimum atomic E-state index is -0.393. The molecule has 1 aliphatic rings. The number of nitrogens with zero attached hydrogens (tertiary/aromatic N) is 3. The number of carbonyl (C=O) groups excluding carboxylic acids is 1. The molecule has 5 nitrogen and oxygen atoms in total. The van der Waals surface area contributed by atoms with Crippen molar-refractivity contribution in [2.75, 3.05) is 5.32 Å². The summed E-state index contributed by atoms with van der Waals surface area (Å²) < 4.78 is 0. The van der Waals surface area contributed by atoms with Crippen molar-refractivity contribution in [3.05, 3.63) is 101 Å². The fraction of sp³-hybridized carbons (Fsp3) is 0.125. The second-order valence-corrected chi connectivity index (χ2v) is 7.29. The maximum atomic E-state index is 13.4. The number of amides is 1. The summed E-state index contributed by atoms with van der Waals surface area (Å²) >= 11 is 0. The van der Waals surface area contributed by atoms with Gasteiger partial charge in [0, 0.05) is 12.2 Å². The number of hydrogen-bond donors (Lipinski definition) is 1. The lowest BCUT2D eigenvalue weighted by atomic mass is 10.0. The maximum Gasteiger partial charge on any atom is 0.258 e. The summed E-state index contributed by atoms with van der Waals surface area (Å²) in [6, 6.07) is 23.6. The van der Waals surface area contributed by atoms with Gasteiger partial charge in [-0.1, -0.05) is 54.1 Å². The summed E-state index contributed by atoms with van der Waals surface area (Å²) in [5.41, 5.74) is 6.13. The molecule has 0 radical (unpaired) electrons. The number of nitrogens with one attached hydrogen (secondary N) is 1. The number of anilines is 1. The van der Waals surface area contributed by atoms with E-state index in [1.165, 1.54) is 5.56 Å². The van der Waals surface area contributed by atoms with Crippen LogP contribution in [0.25, 0.3) is 11.0 Å². The summed E-state index contributed by atoms with van der Waals surface area (Å²) in [7, 11) is 0. The Morgan fingerprint density at radius 2 is 1.66 bits per heavy atom. The van der Waals surface area contributed by atoms with Gasteiger partial charge in [0.1, 0.15) is 11.9 Å². The van der Waals surface area contributed by atoms with Gasteiger partial charge in [-0.2, -0.15) is 0 Å². The number of para-hydroxylation sites is 3. The largest absolute Gasteiger partial charge is 0.359 e. The first-order valence-electron chi connectivity index (χ1n) is 9.63. The molecule has 0 aliphatic carbocycles. The maximum absolute atomic E-state index is 13.4. The van der Waals surface area contributed by atoms with Crippen molar-refractivity contribution in [2.24, 2.45) is 0 Å². The van der Waals surface area contributed by atoms with Gasteiger partial charge >= 0.3 is 0 Å². The molecule has 29 heavy (non-hydrogen) atoms. The third-order valence-electron chi connectivity index (χ3n) is 5.24. The highest BCUT2D eigenvalue weighted by atomic mass is 16.2. The molecule has 0 saturated heterocycles. The Labute approximate surface area is 169 Å². The summed E-state index contributed by atoms with van der Waals surface area (Å²) in [6.07, 6.45) is 1.36. The van der Waals surface area contributed by atoms with E-state index < -0.39 is 6.17 Å². The van der Waals surface area contributed by atoms with Crippen molar-refractivity contribution >= 4 is 22.6 Å². The standard InChI is InChI=1S/C24H20N4O/c1-16-10-12-17(13-11-16)15-28-23(27-19-7-3-2-6-18(19)24(28)29)22-14-25-20-8-4-5-9-21(20)26-22/h2-14,23,27H,15H2,1H3. The third kappa shape index (κ3) is 3.21. The van der Waals surface area contributed by atoms with Crippen molar-refractivity contribution < 1.29 is 4.79 Å². The highest BCUT2D eigenvalue weighted by molar-refractivity contribution is 6.01. The first-order chi connectivity index (χ1) is 14.2. The van der Waals surface area contributed by atoms with Crippen LogP contribution in [-0.4, -0.2) is 20.8 Å². The molecule has 142 valence electrons. The topological polar surface area (TPSA) is 58.1 Å². The number of carbonyl (C=O) groups is 1. The summed E-state index contributed by atoms with van der Waals surface area (Å²) in [6.45, 7) is 2.54. The van der Waals surface area contributed by atoms with E-state index in [2.05, 4.69) is 41.5 Å². The molecule has 3 aromatic carbocycles. The number of rotatable bonds is 3. The van der Waals surface area contributed by atoms with Gasteiger partial charge < -0.3 is 10.2 Å². The Kier molecular flexibility index (Phi) is 4.21. The number of aromatic nitrogens is 2. The molecule has 5 heteroatoms. The van der Waals surface area contributed by atoms with E-state index in [0.29, 0.717) is 12.1 Å². The summed E-state index contributed by atoms with van der Waals surface area (Å²) in [5, 5.41) is 3.49. The number of aryl methyl sites for hydroxylation is 1. The molecule has 1 amide bonds. The van der Waals surface area contributed by atoms with Crippen molar-refractivity contribution in [3.8, 4) is 0 Å². The number of fused-ring (bicyclic) bond motifs is 2. The van der Waals surface area contributed by atoms with Crippen LogP contribution < -0.4 is 5.32 Å². The second-order valence-electron chi connectivity index (χ2n) is 7.29. The molecule has 0 spiro atoms. The van der Waals surface area contributed by atoms with E-state index in [1.54, 1.807) is 6.20 Å². The molecular weight excluding hydrogens is 360 g/mol. The smallest absolute Gasteiger partial charge is 0.258 e. The molecule has 1 aromatic heterocycles. The molecule has 0 saturated carbocycles. The second kappa shape index (κ2) is 7.02. The molecule has 1 atom stereocenters. The predicted octanol–water partition coefficient (Wildman–Crippen LogP) is 4.70. The van der Waals surface area contributed by atoms with E-state index in [0.717, 1.165) is 28.0 Å². The molecular formula is C24H20N4O. The van der Waals surface area contributed by atoms with E-state index in [-0.39, 0.29) is 5.91 Å². The van der Waals surface area contributed by atoms with Gasteiger partial charge in [-0.05, 0) is 36.8 Å². The monoisotopic (exact) mass is 380 g/mol. The SMILES string of the molecule is Cc1ccc(CN2C(=O)c3ccccc3NC2c2cnc3ccccc3n2)cc1. The van der Waals surface area contributed by atoms with Gasteiger partial charge in [-0.25, -0.2) is 4.98 Å². The molecule has 4 aromatic rings. The van der Waals surface area contributed by atoms with Gasteiger partial charge in [0.2, 0.25) is 0 Å². The average Bonchev–Trinajstić information content (AvgIpc) is 2.76. The van der Waals surface area contributed by atoms with Gasteiger partial charge in [-0.3, -0.25) is 9.78 Å². The number of benzene rings is 3. The third-order valence-corrected chi connectivity index (χ3v) is 5.24. The van der Waals surface area contributed by atoms with E-state index in [9.17, 15) is 4.79 Å². The van der Waals surface area contributed by atoms with Crippen molar-refractivity contribution in [3.63, 3.8) is 0 Å². The van der Waals surface area contributed by atoms with Crippen LogP contribution in [0.2, 0.25) is 0 Å². The van der Waals surface area contributed by atoms with E-state index in [4.69, 9.17) is 4.98 Å². The zero-order valence-corrected chi connectivity index (χ0v) is 16.0. The van der Waals surface area contributed by atoms with Gasteiger partial charge in [0.05, 0.1) is 22.8 Å². The first kappa shape index (κ1) is 17.4. The zero-order valence-electron chi connectivity index (χ0n) is 16.0. The van der Waals surface area contributed by atoms with Crippen molar-refractivity contribution in [1.82, 2.24) is 14.9 Å². The predicted molar refractivity (Wildman–Crippen MR) is 113 cm³/mol. The van der Waals surface area contributed by atoms with E-state index in [1.807, 2.05) is 53.4 Å². The molecule has 0 bridgehead atoms. The molecule has 1 N–H and O–H groups in total. The fourth-order valence-corrected chi connectivity index (χ4v) is 3.68. The van der Waals surface area contributed by atoms with Crippen LogP contribution in [0, 0.1) is 6.92 Å². The van der Waals surface area contributed by atoms with Gasteiger partial charge in [0.15, 0.2) is 0 Å². The van der Waals surface area contributed by atoms with Crippen LogP contribution in [0.3, 0.4) is 0 Å². The average molecular weight is 380 g/mol. The molecule has 2 heterocycles. The van der Waals surface area contributed by atoms with Gasteiger partial charge in [0.25, 0.3) is 5.91 Å². The van der Waals surface area contributed by atoms with E-state index >= 15 is 0 Å². The molecule has 1 unspecified atom stereocenters. The van der Waals surface area contributed by atoms with Crippen LogP contribution in [0.1, 0.15) is 33.3 Å². The lowest BCUT2D eigenvalue weighted by Gasteiger charge is -2.37. The zero-order chi connectivity index (χ0) is 19.8. The Bertz CT molecular complexity index is 1200. The van der Waals surface area contributed by atoms with Crippen molar-refractivity contribution in [2.45, 2.75) is 19.6 Å². The van der Waals surface area contributed by atoms with Crippen LogP contribution >= 0.6 is 0 Å². The summed E-state index contributed by atoms with van der Waals surface area (Å²) in [5.74, 6) is -0.0140. The molecule has 0 fully saturated rings. The first-order valence-corrected chi connectivity index (χ1v) is 9.63. The lowest BCUT2D eigenvalue weighted by Crippen LogP contribution is -2.42. The fourth-order valence-electron chi connectivity index (χ4n) is 3.68. The Hall–Kier alpha value is -3.73. The normalized spacial score (nSPS) is 15.8. The quantitative estimate of drug-likeness (QED) is 0.559. The minimum Gasteiger partial charge on any atom is -0.359 e. The highest BCUT2D eigenvalue weighted by Gasteiger charge is 2.33. The summed E-state index contributed by atoms with van der Waals surface area (Å²) in [4.78, 5) is 24.5.